The van der Waals surface area contributed by atoms with Gasteiger partial charge in [0.05, 0.1) is 17.4 Å². The SMILES string of the molecule is O=C(CCCCc1ccc(Br)cc1)NCCCn1cnc2ccccc21. The predicted molar refractivity (Wildman–Crippen MR) is 109 cm³/mol. The number of nitrogens with zero attached hydrogens (tertiary/aromatic N) is 2. The molecule has 2 aromatic carbocycles. The number of nitrogens with one attached hydrogen (secondary N) is 1. The molecule has 0 aliphatic rings. The number of hydrogen-bond donors (Lipinski definition) is 1. The zero-order chi connectivity index (χ0) is 18.2. The van der Waals surface area contributed by atoms with Gasteiger partial charge in [-0.1, -0.05) is 40.2 Å². The summed E-state index contributed by atoms with van der Waals surface area (Å²) in [6.07, 6.45) is 6.36. The van der Waals surface area contributed by atoms with Crippen LogP contribution in [0, 0.1) is 0 Å². The largest absolute Gasteiger partial charge is 0.356 e. The van der Waals surface area contributed by atoms with Crippen molar-refractivity contribution in [2.75, 3.05) is 6.54 Å². The standard InChI is InChI=1S/C21H24BrN3O/c22-18-12-10-17(11-13-18)6-1-4-9-21(26)23-14-5-15-25-16-24-19-7-2-3-8-20(19)25/h2-3,7-8,10-13,16H,1,4-6,9,14-15H2,(H,23,26). The zero-order valence-electron chi connectivity index (χ0n) is 14.8. The summed E-state index contributed by atoms with van der Waals surface area (Å²) in [5, 5.41) is 3.02. The molecule has 0 spiro atoms. The van der Waals surface area contributed by atoms with Crippen molar-refractivity contribution in [1.82, 2.24) is 14.9 Å². The number of imidazole rings is 1. The van der Waals surface area contributed by atoms with Crippen molar-refractivity contribution in [2.45, 2.75) is 38.6 Å². The highest BCUT2D eigenvalue weighted by Gasteiger charge is 2.03. The van der Waals surface area contributed by atoms with E-state index in [4.69, 9.17) is 0 Å². The minimum absolute atomic E-state index is 0.149. The van der Waals surface area contributed by atoms with Crippen molar-refractivity contribution in [3.8, 4) is 0 Å². The summed E-state index contributed by atoms with van der Waals surface area (Å²) in [7, 11) is 0. The minimum atomic E-state index is 0.149. The van der Waals surface area contributed by atoms with Crippen molar-refractivity contribution >= 4 is 32.9 Å². The summed E-state index contributed by atoms with van der Waals surface area (Å²) < 4.78 is 3.24. The second-order valence-electron chi connectivity index (χ2n) is 6.46. The van der Waals surface area contributed by atoms with Crippen LogP contribution in [-0.4, -0.2) is 22.0 Å². The van der Waals surface area contributed by atoms with E-state index < -0.39 is 0 Å². The van der Waals surface area contributed by atoms with Gasteiger partial charge in [0.15, 0.2) is 0 Å². The van der Waals surface area contributed by atoms with E-state index in [9.17, 15) is 4.79 Å². The molecule has 0 aliphatic carbocycles. The molecule has 1 aromatic heterocycles. The maximum Gasteiger partial charge on any atom is 0.219 e. The Labute approximate surface area is 162 Å². The van der Waals surface area contributed by atoms with Crippen LogP contribution in [0.5, 0.6) is 0 Å². The molecule has 3 rings (SSSR count). The number of carbonyl (C=O) groups excluding carboxylic acids is 1. The topological polar surface area (TPSA) is 46.9 Å². The molecule has 0 bridgehead atoms. The smallest absolute Gasteiger partial charge is 0.219 e. The molecule has 1 heterocycles. The molecule has 0 atom stereocenters. The molecule has 0 fully saturated rings. The van der Waals surface area contributed by atoms with Gasteiger partial charge in [-0.15, -0.1) is 0 Å². The van der Waals surface area contributed by atoms with Gasteiger partial charge in [-0.3, -0.25) is 4.79 Å². The average molecular weight is 414 g/mol. The molecule has 0 unspecified atom stereocenters. The van der Waals surface area contributed by atoms with Crippen molar-refractivity contribution < 1.29 is 4.79 Å². The first-order valence-electron chi connectivity index (χ1n) is 9.13. The van der Waals surface area contributed by atoms with E-state index in [-0.39, 0.29) is 5.91 Å². The van der Waals surface area contributed by atoms with Gasteiger partial charge in [-0.05, 0) is 55.5 Å². The van der Waals surface area contributed by atoms with E-state index in [0.717, 1.165) is 47.7 Å². The van der Waals surface area contributed by atoms with Crippen LogP contribution < -0.4 is 5.32 Å². The summed E-state index contributed by atoms with van der Waals surface area (Å²) >= 11 is 3.44. The van der Waals surface area contributed by atoms with Crippen molar-refractivity contribution in [1.29, 1.82) is 0 Å². The Bertz CT molecular complexity index is 842. The zero-order valence-corrected chi connectivity index (χ0v) is 16.4. The van der Waals surface area contributed by atoms with Crippen LogP contribution in [0.25, 0.3) is 11.0 Å². The molecule has 0 saturated carbocycles. The summed E-state index contributed by atoms with van der Waals surface area (Å²) in [5.74, 6) is 0.149. The molecule has 1 amide bonds. The lowest BCUT2D eigenvalue weighted by atomic mass is 10.1. The fourth-order valence-electron chi connectivity index (χ4n) is 3.02. The first-order chi connectivity index (χ1) is 12.7. The van der Waals surface area contributed by atoms with E-state index in [1.54, 1.807) is 0 Å². The lowest BCUT2D eigenvalue weighted by molar-refractivity contribution is -0.121. The molecule has 0 saturated heterocycles. The lowest BCUT2D eigenvalue weighted by Gasteiger charge is -2.07. The van der Waals surface area contributed by atoms with Crippen LogP contribution >= 0.6 is 15.9 Å². The van der Waals surface area contributed by atoms with Crippen LogP contribution in [-0.2, 0) is 17.8 Å². The third kappa shape index (κ3) is 5.43. The fourth-order valence-corrected chi connectivity index (χ4v) is 3.28. The van der Waals surface area contributed by atoms with Crippen molar-refractivity contribution in [3.63, 3.8) is 0 Å². The van der Waals surface area contributed by atoms with Gasteiger partial charge in [0, 0.05) is 24.0 Å². The highest BCUT2D eigenvalue weighted by atomic mass is 79.9. The molecule has 1 N–H and O–H groups in total. The molecular weight excluding hydrogens is 390 g/mol. The molecule has 136 valence electrons. The van der Waals surface area contributed by atoms with E-state index in [1.165, 1.54) is 5.56 Å². The minimum Gasteiger partial charge on any atom is -0.356 e. The molecular formula is C21H24BrN3O. The maximum atomic E-state index is 11.9. The Hall–Kier alpha value is -2.14. The van der Waals surface area contributed by atoms with Gasteiger partial charge < -0.3 is 9.88 Å². The van der Waals surface area contributed by atoms with Crippen molar-refractivity contribution in [2.24, 2.45) is 0 Å². The number of carbonyl (C=O) groups is 1. The Morgan fingerprint density at radius 1 is 1.04 bits per heavy atom. The fraction of sp³-hybridized carbons (Fsp3) is 0.333. The summed E-state index contributed by atoms with van der Waals surface area (Å²) in [6, 6.07) is 16.5. The molecule has 26 heavy (non-hydrogen) atoms. The van der Waals surface area contributed by atoms with Gasteiger partial charge in [0.1, 0.15) is 0 Å². The van der Waals surface area contributed by atoms with Crippen LogP contribution in [0.15, 0.2) is 59.3 Å². The normalized spacial score (nSPS) is 11.0. The Morgan fingerprint density at radius 2 is 1.85 bits per heavy atom. The quantitative estimate of drug-likeness (QED) is 0.515. The molecule has 4 nitrogen and oxygen atoms in total. The number of hydrogen-bond acceptors (Lipinski definition) is 2. The average Bonchev–Trinajstić information content (AvgIpc) is 3.07. The molecule has 5 heteroatoms. The highest BCUT2D eigenvalue weighted by molar-refractivity contribution is 9.10. The monoisotopic (exact) mass is 413 g/mol. The molecule has 0 radical (unpaired) electrons. The summed E-state index contributed by atoms with van der Waals surface area (Å²) in [6.45, 7) is 1.57. The van der Waals surface area contributed by atoms with Gasteiger partial charge in [-0.2, -0.15) is 0 Å². The van der Waals surface area contributed by atoms with Crippen LogP contribution in [0.4, 0.5) is 0 Å². The number of fused-ring (bicyclic) bond motifs is 1. The van der Waals surface area contributed by atoms with Gasteiger partial charge in [-0.25, -0.2) is 4.98 Å². The summed E-state index contributed by atoms with van der Waals surface area (Å²) in [5.41, 5.74) is 3.48. The van der Waals surface area contributed by atoms with Crippen LogP contribution in [0.2, 0.25) is 0 Å². The van der Waals surface area contributed by atoms with Crippen molar-refractivity contribution in [3.05, 3.63) is 64.9 Å². The van der Waals surface area contributed by atoms with E-state index in [0.29, 0.717) is 13.0 Å². The van der Waals surface area contributed by atoms with Crippen LogP contribution in [0.3, 0.4) is 0 Å². The second kappa shape index (κ2) is 9.53. The number of para-hydroxylation sites is 2. The molecule has 0 aliphatic heterocycles. The summed E-state index contributed by atoms with van der Waals surface area (Å²) in [4.78, 5) is 16.3. The first-order valence-corrected chi connectivity index (χ1v) is 9.93. The lowest BCUT2D eigenvalue weighted by Crippen LogP contribution is -2.24. The maximum absolute atomic E-state index is 11.9. The van der Waals surface area contributed by atoms with E-state index >= 15 is 0 Å². The van der Waals surface area contributed by atoms with Gasteiger partial charge >= 0.3 is 0 Å². The third-order valence-electron chi connectivity index (χ3n) is 4.46. The first kappa shape index (κ1) is 18.6. The number of unbranched alkanes of at least 4 members (excludes halogenated alkanes) is 1. The number of rotatable bonds is 9. The predicted octanol–water partition coefficient (Wildman–Crippen LogP) is 4.72. The van der Waals surface area contributed by atoms with Gasteiger partial charge in [0.2, 0.25) is 5.91 Å². The molecule has 3 aromatic rings. The van der Waals surface area contributed by atoms with E-state index in [1.807, 2.05) is 24.5 Å². The number of benzene rings is 2. The van der Waals surface area contributed by atoms with Crippen LogP contribution in [0.1, 0.15) is 31.2 Å². The Morgan fingerprint density at radius 3 is 2.69 bits per heavy atom. The Balaban J connectivity index is 1.29. The number of aromatic nitrogens is 2. The van der Waals surface area contributed by atoms with Gasteiger partial charge in [0.25, 0.3) is 0 Å². The highest BCUT2D eigenvalue weighted by Crippen LogP contribution is 2.13. The number of amides is 1. The number of aryl methyl sites for hydroxylation is 2. The Kier molecular flexibility index (Phi) is 6.83. The second-order valence-corrected chi connectivity index (χ2v) is 7.38. The number of halogens is 1. The van der Waals surface area contributed by atoms with E-state index in [2.05, 4.69) is 61.1 Å². The third-order valence-corrected chi connectivity index (χ3v) is 4.99.